The van der Waals surface area contributed by atoms with E-state index in [1.165, 1.54) is 12.5 Å². The summed E-state index contributed by atoms with van der Waals surface area (Å²) in [6.45, 7) is 0.895. The number of carbonyl (C=O) groups excluding carboxylic acids is 1. The highest BCUT2D eigenvalue weighted by atomic mass is 16.6. The number of benzene rings is 1. The van der Waals surface area contributed by atoms with Crippen LogP contribution in [0.4, 0.5) is 0 Å². The van der Waals surface area contributed by atoms with Crippen molar-refractivity contribution in [2.45, 2.75) is 6.10 Å². The van der Waals surface area contributed by atoms with Crippen LogP contribution in [0.15, 0.2) is 43.0 Å². The van der Waals surface area contributed by atoms with Crippen molar-refractivity contribution >= 4 is 16.9 Å². The van der Waals surface area contributed by atoms with Crippen LogP contribution >= 0.6 is 0 Å². The Bertz CT molecular complexity index is 884. The summed E-state index contributed by atoms with van der Waals surface area (Å²) in [5.74, 6) is -0.415. The normalized spacial score (nSPS) is 14.7. The lowest BCUT2D eigenvalue weighted by molar-refractivity contribution is -0.103. The minimum Gasteiger partial charge on any atom is -0.454 e. The minimum absolute atomic E-state index is 0.178. The van der Waals surface area contributed by atoms with E-state index in [1.807, 2.05) is 42.1 Å². The van der Waals surface area contributed by atoms with Crippen molar-refractivity contribution in [3.05, 3.63) is 48.5 Å². The van der Waals surface area contributed by atoms with Gasteiger partial charge in [-0.05, 0) is 6.07 Å². The molecule has 0 spiro atoms. The van der Waals surface area contributed by atoms with Crippen molar-refractivity contribution in [3.8, 4) is 11.3 Å². The summed E-state index contributed by atoms with van der Waals surface area (Å²) in [5.41, 5.74) is 2.92. The van der Waals surface area contributed by atoms with Crippen molar-refractivity contribution in [2.24, 2.45) is 7.05 Å². The molecule has 23 heavy (non-hydrogen) atoms. The third-order valence-electron chi connectivity index (χ3n) is 3.97. The monoisotopic (exact) mass is 309 g/mol. The predicted molar refractivity (Wildman–Crippen MR) is 84.0 cm³/mol. The molecule has 0 saturated carbocycles. The zero-order valence-corrected chi connectivity index (χ0v) is 12.6. The number of esters is 1. The lowest BCUT2D eigenvalue weighted by Crippen LogP contribution is -2.37. The second-order valence-corrected chi connectivity index (χ2v) is 5.52. The van der Waals surface area contributed by atoms with Crippen LogP contribution in [-0.4, -0.2) is 39.8 Å². The molecule has 2 aromatic heterocycles. The van der Waals surface area contributed by atoms with Gasteiger partial charge in [-0.25, -0.2) is 14.8 Å². The molecule has 0 unspecified atom stereocenters. The maximum atomic E-state index is 12.4. The summed E-state index contributed by atoms with van der Waals surface area (Å²) in [4.78, 5) is 20.7. The highest BCUT2D eigenvalue weighted by Gasteiger charge is 2.26. The second kappa shape index (κ2) is 5.48. The summed E-state index contributed by atoms with van der Waals surface area (Å²) >= 11 is 0. The van der Waals surface area contributed by atoms with Gasteiger partial charge in [0.25, 0.3) is 0 Å². The molecule has 6 heteroatoms. The van der Waals surface area contributed by atoms with Gasteiger partial charge in [-0.3, -0.25) is 0 Å². The maximum Gasteiger partial charge on any atom is 0.342 e. The Morgan fingerprint density at radius 2 is 2.17 bits per heavy atom. The Balaban J connectivity index is 1.80. The van der Waals surface area contributed by atoms with Gasteiger partial charge in [0.05, 0.1) is 18.9 Å². The Kier molecular flexibility index (Phi) is 3.31. The topological polar surface area (TPSA) is 66.2 Å². The van der Waals surface area contributed by atoms with Crippen LogP contribution in [0.25, 0.3) is 22.2 Å². The van der Waals surface area contributed by atoms with Crippen molar-refractivity contribution in [3.63, 3.8) is 0 Å². The summed E-state index contributed by atoms with van der Waals surface area (Å²) < 4.78 is 12.5. The molecule has 6 nitrogen and oxygen atoms in total. The van der Waals surface area contributed by atoms with Crippen LogP contribution in [0.3, 0.4) is 0 Å². The lowest BCUT2D eigenvalue weighted by Gasteiger charge is -2.25. The van der Waals surface area contributed by atoms with E-state index in [0.29, 0.717) is 24.5 Å². The highest BCUT2D eigenvalue weighted by Crippen LogP contribution is 2.31. The van der Waals surface area contributed by atoms with Crippen LogP contribution in [0.1, 0.15) is 10.4 Å². The number of aromatic nitrogens is 3. The Morgan fingerprint density at radius 3 is 2.96 bits per heavy atom. The standard InChI is InChI=1S/C17H15N3O3/c1-20-7-14(12-4-2-3-5-15(12)20)16-13(6-18-10-19-16)17(21)23-11-8-22-9-11/h2-7,10-11H,8-9H2,1H3. The fourth-order valence-electron chi connectivity index (χ4n) is 2.72. The van der Waals surface area contributed by atoms with E-state index in [4.69, 9.17) is 9.47 Å². The molecule has 1 aliphatic rings. The minimum atomic E-state index is -0.415. The number of carbonyl (C=O) groups is 1. The van der Waals surface area contributed by atoms with E-state index in [0.717, 1.165) is 16.5 Å². The highest BCUT2D eigenvalue weighted by molar-refractivity contribution is 6.02. The number of hydrogen-bond donors (Lipinski definition) is 0. The molecule has 4 rings (SSSR count). The summed E-state index contributed by atoms with van der Waals surface area (Å²) in [7, 11) is 1.97. The predicted octanol–water partition coefficient (Wildman–Crippen LogP) is 2.19. The molecule has 0 amide bonds. The largest absolute Gasteiger partial charge is 0.454 e. The van der Waals surface area contributed by atoms with Gasteiger partial charge in [-0.1, -0.05) is 18.2 Å². The first-order chi connectivity index (χ1) is 11.2. The van der Waals surface area contributed by atoms with Crippen molar-refractivity contribution in [1.29, 1.82) is 0 Å². The molecular weight excluding hydrogens is 294 g/mol. The van der Waals surface area contributed by atoms with Crippen LogP contribution in [0.5, 0.6) is 0 Å². The van der Waals surface area contributed by atoms with Gasteiger partial charge in [0.1, 0.15) is 18.0 Å². The summed E-state index contributed by atoms with van der Waals surface area (Å²) in [5, 5.41) is 1.04. The second-order valence-electron chi connectivity index (χ2n) is 5.52. The van der Waals surface area contributed by atoms with E-state index in [1.54, 1.807) is 0 Å². The Morgan fingerprint density at radius 1 is 1.35 bits per heavy atom. The number of nitrogens with zero attached hydrogens (tertiary/aromatic N) is 3. The van der Waals surface area contributed by atoms with Crippen LogP contribution in [0.2, 0.25) is 0 Å². The first-order valence-electron chi connectivity index (χ1n) is 7.37. The molecule has 116 valence electrons. The maximum absolute atomic E-state index is 12.4. The van der Waals surface area contributed by atoms with Gasteiger partial charge in [0, 0.05) is 35.9 Å². The summed E-state index contributed by atoms with van der Waals surface area (Å²) in [6, 6.07) is 8.00. The Hall–Kier alpha value is -2.73. The van der Waals surface area contributed by atoms with Gasteiger partial charge in [-0.2, -0.15) is 0 Å². The molecule has 1 saturated heterocycles. The zero-order chi connectivity index (χ0) is 15.8. The van der Waals surface area contributed by atoms with E-state index in [9.17, 15) is 4.79 Å². The third kappa shape index (κ3) is 2.37. The third-order valence-corrected chi connectivity index (χ3v) is 3.97. The van der Waals surface area contributed by atoms with Crippen LogP contribution in [0, 0.1) is 0 Å². The quantitative estimate of drug-likeness (QED) is 0.694. The van der Waals surface area contributed by atoms with Gasteiger partial charge in [0.15, 0.2) is 0 Å². The molecule has 0 radical (unpaired) electrons. The van der Waals surface area contributed by atoms with Crippen molar-refractivity contribution in [1.82, 2.24) is 14.5 Å². The van der Waals surface area contributed by atoms with E-state index < -0.39 is 5.97 Å². The number of fused-ring (bicyclic) bond motifs is 1. The number of ether oxygens (including phenoxy) is 2. The molecule has 1 aromatic carbocycles. The molecule has 0 aliphatic carbocycles. The van der Waals surface area contributed by atoms with E-state index >= 15 is 0 Å². The molecule has 0 atom stereocenters. The summed E-state index contributed by atoms with van der Waals surface area (Å²) in [6.07, 6.45) is 4.74. The SMILES string of the molecule is Cn1cc(-c2ncncc2C(=O)OC2COC2)c2ccccc21. The molecular formula is C17H15N3O3. The smallest absolute Gasteiger partial charge is 0.342 e. The van der Waals surface area contributed by atoms with Gasteiger partial charge >= 0.3 is 5.97 Å². The number of rotatable bonds is 3. The number of aryl methyl sites for hydroxylation is 1. The average molecular weight is 309 g/mol. The van der Waals surface area contributed by atoms with Gasteiger partial charge in [0.2, 0.25) is 0 Å². The zero-order valence-electron chi connectivity index (χ0n) is 12.6. The van der Waals surface area contributed by atoms with Crippen LogP contribution < -0.4 is 0 Å². The molecule has 3 aromatic rings. The molecule has 0 N–H and O–H groups in total. The average Bonchev–Trinajstić information content (AvgIpc) is 2.88. The van der Waals surface area contributed by atoms with Gasteiger partial charge in [-0.15, -0.1) is 0 Å². The van der Waals surface area contributed by atoms with Gasteiger partial charge < -0.3 is 14.0 Å². The first-order valence-corrected chi connectivity index (χ1v) is 7.37. The van der Waals surface area contributed by atoms with E-state index in [2.05, 4.69) is 9.97 Å². The molecule has 1 fully saturated rings. The van der Waals surface area contributed by atoms with E-state index in [-0.39, 0.29) is 6.10 Å². The fourth-order valence-corrected chi connectivity index (χ4v) is 2.72. The Labute approximate surface area is 132 Å². The fraction of sp³-hybridized carbons (Fsp3) is 0.235. The number of hydrogen-bond acceptors (Lipinski definition) is 5. The molecule has 0 bridgehead atoms. The first kappa shape index (κ1) is 13.9. The van der Waals surface area contributed by atoms with Crippen molar-refractivity contribution < 1.29 is 14.3 Å². The molecule has 3 heterocycles. The lowest BCUT2D eigenvalue weighted by atomic mass is 10.1. The van der Waals surface area contributed by atoms with Crippen molar-refractivity contribution in [2.75, 3.05) is 13.2 Å². The number of para-hydroxylation sites is 1. The van der Waals surface area contributed by atoms with Crippen LogP contribution in [-0.2, 0) is 16.5 Å². The molecule has 1 aliphatic heterocycles.